The van der Waals surface area contributed by atoms with Gasteiger partial charge in [-0.05, 0) is 54.8 Å². The number of ether oxygens (including phenoxy) is 1. The van der Waals surface area contributed by atoms with Gasteiger partial charge in [-0.15, -0.1) is 0 Å². The van der Waals surface area contributed by atoms with E-state index in [0.717, 1.165) is 26.9 Å². The Morgan fingerprint density at radius 1 is 1.10 bits per heavy atom. The van der Waals surface area contributed by atoms with E-state index in [0.29, 0.717) is 6.54 Å². The average Bonchev–Trinajstić information content (AvgIpc) is 2.38. The summed E-state index contributed by atoms with van der Waals surface area (Å²) in [7, 11) is 0. The van der Waals surface area contributed by atoms with E-state index in [2.05, 4.69) is 38.1 Å². The number of anilines is 1. The Labute approximate surface area is 131 Å². The molecular weight excluding hydrogens is 340 g/mol. The Kier molecular flexibility index (Phi) is 5.17. The summed E-state index contributed by atoms with van der Waals surface area (Å²) in [4.78, 5) is 0. The van der Waals surface area contributed by atoms with Crippen LogP contribution >= 0.6 is 15.9 Å². The van der Waals surface area contributed by atoms with Gasteiger partial charge >= 0.3 is 6.61 Å². The third kappa shape index (κ3) is 4.43. The summed E-state index contributed by atoms with van der Waals surface area (Å²) in [6.45, 7) is 1.92. The standard InChI is InChI=1S/C16H16BrF2NO/c1-10-7-13(17)8-11(2)15(10)20-9-12-3-5-14(6-4-12)21-16(18)19/h3-8,16,20H,9H2,1-2H3. The molecule has 2 aromatic carbocycles. The highest BCUT2D eigenvalue weighted by Gasteiger charge is 2.06. The second-order valence-corrected chi connectivity index (χ2v) is 5.71. The summed E-state index contributed by atoms with van der Waals surface area (Å²) in [5.74, 6) is 0.171. The maximum absolute atomic E-state index is 12.1. The van der Waals surface area contributed by atoms with Gasteiger partial charge in [-0.3, -0.25) is 0 Å². The average molecular weight is 356 g/mol. The molecule has 0 aromatic heterocycles. The van der Waals surface area contributed by atoms with E-state index < -0.39 is 6.61 Å². The summed E-state index contributed by atoms with van der Waals surface area (Å²) in [5, 5.41) is 3.38. The van der Waals surface area contributed by atoms with E-state index in [1.54, 1.807) is 24.3 Å². The van der Waals surface area contributed by atoms with Gasteiger partial charge in [-0.2, -0.15) is 8.78 Å². The fourth-order valence-corrected chi connectivity index (χ4v) is 2.86. The van der Waals surface area contributed by atoms with Crippen LogP contribution in [0.1, 0.15) is 16.7 Å². The minimum atomic E-state index is -2.79. The van der Waals surface area contributed by atoms with Gasteiger partial charge in [0.2, 0.25) is 0 Å². The van der Waals surface area contributed by atoms with Crippen molar-refractivity contribution in [1.29, 1.82) is 0 Å². The summed E-state index contributed by atoms with van der Waals surface area (Å²) in [6, 6.07) is 10.7. The van der Waals surface area contributed by atoms with Crippen molar-refractivity contribution < 1.29 is 13.5 Å². The quantitative estimate of drug-likeness (QED) is 0.787. The summed E-state index contributed by atoms with van der Waals surface area (Å²) in [6.07, 6.45) is 0. The van der Waals surface area contributed by atoms with Gasteiger partial charge in [0.15, 0.2) is 0 Å². The van der Waals surface area contributed by atoms with Gasteiger partial charge in [0.25, 0.3) is 0 Å². The van der Waals surface area contributed by atoms with Crippen LogP contribution in [0.5, 0.6) is 5.75 Å². The maximum Gasteiger partial charge on any atom is 0.387 e. The molecule has 2 rings (SSSR count). The second kappa shape index (κ2) is 6.89. The minimum Gasteiger partial charge on any atom is -0.435 e. The van der Waals surface area contributed by atoms with Crippen LogP contribution < -0.4 is 10.1 Å². The van der Waals surface area contributed by atoms with Gasteiger partial charge in [0, 0.05) is 16.7 Å². The minimum absolute atomic E-state index is 0.171. The van der Waals surface area contributed by atoms with Crippen molar-refractivity contribution in [2.75, 3.05) is 5.32 Å². The van der Waals surface area contributed by atoms with Gasteiger partial charge in [-0.25, -0.2) is 0 Å². The molecule has 5 heteroatoms. The summed E-state index contributed by atoms with van der Waals surface area (Å²) in [5.41, 5.74) is 4.39. The lowest BCUT2D eigenvalue weighted by molar-refractivity contribution is -0.0498. The Morgan fingerprint density at radius 2 is 1.67 bits per heavy atom. The molecule has 0 unspecified atom stereocenters. The van der Waals surface area contributed by atoms with Crippen molar-refractivity contribution in [3.05, 3.63) is 57.6 Å². The first-order valence-electron chi connectivity index (χ1n) is 6.50. The molecule has 0 fully saturated rings. The molecule has 0 amide bonds. The van der Waals surface area contributed by atoms with Crippen LogP contribution in [0.15, 0.2) is 40.9 Å². The number of hydrogen-bond acceptors (Lipinski definition) is 2. The number of benzene rings is 2. The zero-order chi connectivity index (χ0) is 15.4. The molecule has 0 atom stereocenters. The Balaban J connectivity index is 2.03. The molecule has 2 aromatic rings. The number of hydrogen-bond donors (Lipinski definition) is 1. The number of halogens is 3. The van der Waals surface area contributed by atoms with Crippen LogP contribution in [0.25, 0.3) is 0 Å². The molecule has 2 nitrogen and oxygen atoms in total. The molecule has 21 heavy (non-hydrogen) atoms. The van der Waals surface area contributed by atoms with E-state index in [-0.39, 0.29) is 5.75 Å². The third-order valence-electron chi connectivity index (χ3n) is 3.12. The number of rotatable bonds is 5. The monoisotopic (exact) mass is 355 g/mol. The Bertz CT molecular complexity index is 591. The first-order chi connectivity index (χ1) is 9.95. The molecule has 0 aliphatic carbocycles. The first-order valence-corrected chi connectivity index (χ1v) is 7.29. The highest BCUT2D eigenvalue weighted by Crippen LogP contribution is 2.25. The predicted molar refractivity (Wildman–Crippen MR) is 84.0 cm³/mol. The van der Waals surface area contributed by atoms with E-state index in [1.165, 1.54) is 0 Å². The second-order valence-electron chi connectivity index (χ2n) is 4.79. The van der Waals surface area contributed by atoms with Crippen LogP contribution in [0.3, 0.4) is 0 Å². The highest BCUT2D eigenvalue weighted by atomic mass is 79.9. The highest BCUT2D eigenvalue weighted by molar-refractivity contribution is 9.10. The smallest absolute Gasteiger partial charge is 0.387 e. The summed E-state index contributed by atoms with van der Waals surface area (Å²) >= 11 is 3.47. The predicted octanol–water partition coefficient (Wildman–Crippen LogP) is 5.28. The lowest BCUT2D eigenvalue weighted by Crippen LogP contribution is -2.04. The van der Waals surface area contributed by atoms with Crippen molar-refractivity contribution in [3.8, 4) is 5.75 Å². The van der Waals surface area contributed by atoms with Crippen LogP contribution in [0.2, 0.25) is 0 Å². The SMILES string of the molecule is Cc1cc(Br)cc(C)c1NCc1ccc(OC(F)F)cc1. The topological polar surface area (TPSA) is 21.3 Å². The Hall–Kier alpha value is -1.62. The number of nitrogens with one attached hydrogen (secondary N) is 1. The van der Waals surface area contributed by atoms with Crippen molar-refractivity contribution in [2.24, 2.45) is 0 Å². The molecule has 112 valence electrons. The molecule has 0 radical (unpaired) electrons. The molecule has 0 aliphatic heterocycles. The van der Waals surface area contributed by atoms with Crippen LogP contribution in [0, 0.1) is 13.8 Å². The zero-order valence-electron chi connectivity index (χ0n) is 11.8. The number of alkyl halides is 2. The van der Waals surface area contributed by atoms with Gasteiger partial charge in [-0.1, -0.05) is 28.1 Å². The van der Waals surface area contributed by atoms with Crippen molar-refractivity contribution in [3.63, 3.8) is 0 Å². The van der Waals surface area contributed by atoms with Crippen molar-refractivity contribution in [2.45, 2.75) is 27.0 Å². The normalized spacial score (nSPS) is 10.8. The molecule has 0 bridgehead atoms. The third-order valence-corrected chi connectivity index (χ3v) is 3.57. The maximum atomic E-state index is 12.1. The van der Waals surface area contributed by atoms with E-state index in [4.69, 9.17) is 0 Å². The molecule has 0 saturated heterocycles. The van der Waals surface area contributed by atoms with E-state index in [1.807, 2.05) is 13.8 Å². The molecule has 0 aliphatic rings. The molecule has 1 N–H and O–H groups in total. The van der Waals surface area contributed by atoms with Crippen LogP contribution in [-0.4, -0.2) is 6.61 Å². The van der Waals surface area contributed by atoms with E-state index >= 15 is 0 Å². The van der Waals surface area contributed by atoms with Crippen molar-refractivity contribution in [1.82, 2.24) is 0 Å². The summed E-state index contributed by atoms with van der Waals surface area (Å²) < 4.78 is 29.5. The lowest BCUT2D eigenvalue weighted by Gasteiger charge is -2.14. The van der Waals surface area contributed by atoms with Gasteiger partial charge in [0.05, 0.1) is 0 Å². The fourth-order valence-electron chi connectivity index (χ4n) is 2.17. The van der Waals surface area contributed by atoms with Gasteiger partial charge in [0.1, 0.15) is 5.75 Å². The van der Waals surface area contributed by atoms with Crippen LogP contribution in [0.4, 0.5) is 14.5 Å². The molecule has 0 heterocycles. The largest absolute Gasteiger partial charge is 0.435 e. The zero-order valence-corrected chi connectivity index (χ0v) is 13.4. The van der Waals surface area contributed by atoms with E-state index in [9.17, 15) is 8.78 Å². The fraction of sp³-hybridized carbons (Fsp3) is 0.250. The van der Waals surface area contributed by atoms with Gasteiger partial charge < -0.3 is 10.1 Å². The van der Waals surface area contributed by atoms with Crippen LogP contribution in [-0.2, 0) is 6.54 Å². The number of aryl methyl sites for hydroxylation is 2. The lowest BCUT2D eigenvalue weighted by atomic mass is 10.1. The first kappa shape index (κ1) is 15.8. The molecular formula is C16H16BrF2NO. The molecule has 0 saturated carbocycles. The molecule has 0 spiro atoms. The Morgan fingerprint density at radius 3 is 2.19 bits per heavy atom. The van der Waals surface area contributed by atoms with Crippen molar-refractivity contribution >= 4 is 21.6 Å².